The summed E-state index contributed by atoms with van der Waals surface area (Å²) in [7, 11) is 2.78. The van der Waals surface area contributed by atoms with E-state index < -0.39 is 17.9 Å². The molecule has 0 fully saturated rings. The van der Waals surface area contributed by atoms with Crippen molar-refractivity contribution < 1.29 is 19.1 Å². The van der Waals surface area contributed by atoms with Gasteiger partial charge in [0.1, 0.15) is 6.04 Å². The lowest BCUT2D eigenvalue weighted by Gasteiger charge is -2.17. The van der Waals surface area contributed by atoms with Gasteiger partial charge in [0.15, 0.2) is 0 Å². The fraction of sp³-hybridized carbons (Fsp3) is 0.429. The summed E-state index contributed by atoms with van der Waals surface area (Å²) in [5.41, 5.74) is 6.39. The van der Waals surface area contributed by atoms with Crippen LogP contribution in [0.5, 0.6) is 0 Å². The van der Waals surface area contributed by atoms with Gasteiger partial charge in [0, 0.05) is 13.7 Å². The van der Waals surface area contributed by atoms with E-state index in [9.17, 15) is 9.59 Å². The van der Waals surface area contributed by atoms with Crippen LogP contribution >= 0.6 is 12.4 Å². The van der Waals surface area contributed by atoms with Gasteiger partial charge in [-0.1, -0.05) is 30.3 Å². The molecule has 0 saturated heterocycles. The molecule has 1 amide bonds. The Morgan fingerprint density at radius 1 is 1.24 bits per heavy atom. The molecule has 0 aliphatic rings. The molecule has 2 unspecified atom stereocenters. The predicted molar refractivity (Wildman–Crippen MR) is 81.3 cm³/mol. The van der Waals surface area contributed by atoms with Crippen molar-refractivity contribution in [2.45, 2.75) is 12.0 Å². The molecule has 0 heterocycles. The van der Waals surface area contributed by atoms with E-state index in [1.807, 2.05) is 30.3 Å². The molecule has 21 heavy (non-hydrogen) atoms. The highest BCUT2D eigenvalue weighted by Gasteiger charge is 2.23. The van der Waals surface area contributed by atoms with E-state index in [1.54, 1.807) is 0 Å². The molecule has 0 bridgehead atoms. The van der Waals surface area contributed by atoms with Gasteiger partial charge >= 0.3 is 5.97 Å². The van der Waals surface area contributed by atoms with E-state index >= 15 is 0 Å². The molecule has 0 spiro atoms. The minimum atomic E-state index is -0.755. The summed E-state index contributed by atoms with van der Waals surface area (Å²) in [5.74, 6) is -1.33. The van der Waals surface area contributed by atoms with E-state index in [0.717, 1.165) is 5.56 Å². The van der Waals surface area contributed by atoms with Gasteiger partial charge in [-0.3, -0.25) is 9.59 Å². The highest BCUT2D eigenvalue weighted by Crippen LogP contribution is 2.16. The largest absolute Gasteiger partial charge is 0.468 e. The van der Waals surface area contributed by atoms with Crippen LogP contribution in [0, 0.1) is 0 Å². The Bertz CT molecular complexity index is 442. The fourth-order valence-corrected chi connectivity index (χ4v) is 1.75. The summed E-state index contributed by atoms with van der Waals surface area (Å²) in [6.45, 7) is 0.257. The lowest BCUT2D eigenvalue weighted by atomic mass is 9.99. The van der Waals surface area contributed by atoms with Gasteiger partial charge in [-0.2, -0.15) is 0 Å². The number of hydrogen-bond acceptors (Lipinski definition) is 5. The number of methoxy groups -OCH3 is 2. The number of benzene rings is 1. The number of nitrogens with one attached hydrogen (secondary N) is 1. The third kappa shape index (κ3) is 6.12. The molecule has 3 N–H and O–H groups in total. The maximum Gasteiger partial charge on any atom is 0.314 e. The summed E-state index contributed by atoms with van der Waals surface area (Å²) in [6, 6.07) is 8.36. The number of ether oxygens (including phenoxy) is 2. The van der Waals surface area contributed by atoms with Gasteiger partial charge in [-0.15, -0.1) is 12.4 Å². The van der Waals surface area contributed by atoms with Gasteiger partial charge in [-0.25, -0.2) is 0 Å². The number of rotatable bonds is 7. The summed E-state index contributed by atoms with van der Waals surface area (Å²) in [4.78, 5) is 23.5. The molecule has 0 saturated carbocycles. The average Bonchev–Trinajstić information content (AvgIpc) is 2.48. The minimum absolute atomic E-state index is 0. The van der Waals surface area contributed by atoms with E-state index in [2.05, 4.69) is 5.32 Å². The number of nitrogens with two attached hydrogens (primary N) is 1. The Hall–Kier alpha value is -1.63. The number of hydrogen-bond donors (Lipinski definition) is 2. The van der Waals surface area contributed by atoms with Crippen LogP contribution in [0.2, 0.25) is 0 Å². The van der Waals surface area contributed by atoms with Gasteiger partial charge < -0.3 is 20.5 Å². The second-order valence-corrected chi connectivity index (χ2v) is 4.29. The van der Waals surface area contributed by atoms with Crippen molar-refractivity contribution in [3.8, 4) is 0 Å². The van der Waals surface area contributed by atoms with Crippen molar-refractivity contribution in [2.24, 2.45) is 5.73 Å². The normalized spacial score (nSPS) is 12.7. The zero-order valence-corrected chi connectivity index (χ0v) is 12.9. The van der Waals surface area contributed by atoms with Gasteiger partial charge in [0.05, 0.1) is 19.6 Å². The van der Waals surface area contributed by atoms with Gasteiger partial charge in [0.2, 0.25) is 5.91 Å². The van der Waals surface area contributed by atoms with Crippen LogP contribution in [0.1, 0.15) is 11.5 Å². The van der Waals surface area contributed by atoms with E-state index in [4.69, 9.17) is 15.2 Å². The maximum atomic E-state index is 11.8. The topological polar surface area (TPSA) is 90.6 Å². The Kier molecular flexibility index (Phi) is 9.36. The van der Waals surface area contributed by atoms with E-state index in [1.165, 1.54) is 14.2 Å². The smallest absolute Gasteiger partial charge is 0.314 e. The van der Waals surface area contributed by atoms with E-state index in [0.29, 0.717) is 0 Å². The molecule has 118 valence electrons. The van der Waals surface area contributed by atoms with Crippen LogP contribution < -0.4 is 11.1 Å². The Labute approximate surface area is 130 Å². The lowest BCUT2D eigenvalue weighted by Crippen LogP contribution is -2.45. The first-order chi connectivity index (χ1) is 9.60. The molecular formula is C14H21ClN2O4. The highest BCUT2D eigenvalue weighted by atomic mass is 35.5. The Balaban J connectivity index is 0.00000400. The summed E-state index contributed by atoms with van der Waals surface area (Å²) in [5, 5.41) is 2.64. The van der Waals surface area contributed by atoms with Crippen molar-refractivity contribution in [2.75, 3.05) is 27.4 Å². The molecule has 2 atom stereocenters. The first kappa shape index (κ1) is 19.4. The molecule has 1 aromatic rings. The van der Waals surface area contributed by atoms with Crippen molar-refractivity contribution >= 4 is 24.3 Å². The number of halogens is 1. The van der Waals surface area contributed by atoms with Crippen molar-refractivity contribution in [1.29, 1.82) is 0 Å². The van der Waals surface area contributed by atoms with Gasteiger partial charge in [-0.05, 0) is 5.56 Å². The molecule has 1 rings (SSSR count). The fourth-order valence-electron chi connectivity index (χ4n) is 1.75. The first-order valence-electron chi connectivity index (χ1n) is 6.25. The van der Waals surface area contributed by atoms with Gasteiger partial charge in [0.25, 0.3) is 0 Å². The molecule has 7 heteroatoms. The molecule has 1 aromatic carbocycles. The minimum Gasteiger partial charge on any atom is -0.468 e. The van der Waals surface area contributed by atoms with Crippen molar-refractivity contribution in [3.63, 3.8) is 0 Å². The predicted octanol–water partition coefficient (Wildman–Crippen LogP) is 0.455. The third-order valence-corrected chi connectivity index (χ3v) is 2.85. The summed E-state index contributed by atoms with van der Waals surface area (Å²) < 4.78 is 9.57. The monoisotopic (exact) mass is 316 g/mol. The zero-order valence-electron chi connectivity index (χ0n) is 12.1. The Morgan fingerprint density at radius 3 is 2.38 bits per heavy atom. The maximum absolute atomic E-state index is 11.8. The molecule has 0 aromatic heterocycles. The number of amides is 1. The van der Waals surface area contributed by atoms with Crippen molar-refractivity contribution in [3.05, 3.63) is 35.9 Å². The summed E-state index contributed by atoms with van der Waals surface area (Å²) in [6.07, 6.45) is 0. The number of carbonyl (C=O) groups is 2. The van der Waals surface area contributed by atoms with Crippen LogP contribution in [0.15, 0.2) is 30.3 Å². The second-order valence-electron chi connectivity index (χ2n) is 4.29. The molecular weight excluding hydrogens is 296 g/mol. The second kappa shape index (κ2) is 10.1. The van der Waals surface area contributed by atoms with Crippen LogP contribution in [0.25, 0.3) is 0 Å². The van der Waals surface area contributed by atoms with Crippen molar-refractivity contribution in [1.82, 2.24) is 5.32 Å². The third-order valence-electron chi connectivity index (χ3n) is 2.85. The number of esters is 1. The molecule has 0 aliphatic carbocycles. The Morgan fingerprint density at radius 2 is 1.86 bits per heavy atom. The zero-order chi connectivity index (χ0) is 15.0. The first-order valence-corrected chi connectivity index (χ1v) is 6.25. The lowest BCUT2D eigenvalue weighted by molar-refractivity contribution is -0.142. The van der Waals surface area contributed by atoms with Crippen LogP contribution in [0.4, 0.5) is 0 Å². The van der Waals surface area contributed by atoms with E-state index in [-0.39, 0.29) is 31.5 Å². The van der Waals surface area contributed by atoms with Crippen LogP contribution in [-0.4, -0.2) is 45.3 Å². The number of carbonyl (C=O) groups excluding carboxylic acids is 2. The standard InChI is InChI=1S/C14H20N2O4.ClH/c1-19-9-12(15)13(17)16-8-11(14(18)20-2)10-6-4-3-5-7-10;/h3-7,11-12H,8-9,15H2,1-2H3,(H,16,17);1H. The van der Waals surface area contributed by atoms with Crippen LogP contribution in [-0.2, 0) is 19.1 Å². The molecule has 6 nitrogen and oxygen atoms in total. The average molecular weight is 317 g/mol. The quantitative estimate of drug-likeness (QED) is 0.713. The molecule has 0 aliphatic heterocycles. The SMILES string of the molecule is COCC(N)C(=O)NCC(C(=O)OC)c1ccccc1.Cl. The molecule has 0 radical (unpaired) electrons. The van der Waals surface area contributed by atoms with Crippen LogP contribution in [0.3, 0.4) is 0 Å². The summed E-state index contributed by atoms with van der Waals surface area (Å²) >= 11 is 0. The highest BCUT2D eigenvalue weighted by molar-refractivity contribution is 5.85.